The van der Waals surface area contributed by atoms with E-state index in [4.69, 9.17) is 11.5 Å². The van der Waals surface area contributed by atoms with E-state index in [0.29, 0.717) is 23.3 Å². The molecule has 0 radical (unpaired) electrons. The highest BCUT2D eigenvalue weighted by molar-refractivity contribution is 5.90. The van der Waals surface area contributed by atoms with Crippen LogP contribution in [-0.2, 0) is 0 Å². The average Bonchev–Trinajstić information content (AvgIpc) is 2.89. The lowest BCUT2D eigenvalue weighted by Gasteiger charge is -2.05. The third kappa shape index (κ3) is 5.75. The Kier molecular flexibility index (Phi) is 8.12. The standard InChI is InChI=1S/C22H14N8O12/c23-19-17(27(35)36)9-15(25(31)32)13(21(19)29(39)40)7-5-11-1-2-12(4-3-11)6-8-14-16(26(33)34)10-18(28(37)38)20(24)22(14)30(41)42/h1-10H,23-24H2/b7-5+,8-6+. The van der Waals surface area contributed by atoms with E-state index in [1.54, 1.807) is 0 Å². The molecule has 0 fully saturated rings. The van der Waals surface area contributed by atoms with Gasteiger partial charge in [0.05, 0.1) is 41.7 Å². The number of benzene rings is 3. The maximum absolute atomic E-state index is 11.6. The van der Waals surface area contributed by atoms with Crippen LogP contribution in [0.5, 0.6) is 0 Å². The maximum Gasteiger partial charge on any atom is 0.313 e. The van der Waals surface area contributed by atoms with Crippen molar-refractivity contribution in [3.05, 3.63) is 119 Å². The predicted octanol–water partition coefficient (Wildman–Crippen LogP) is 4.64. The predicted molar refractivity (Wildman–Crippen MR) is 146 cm³/mol. The Balaban J connectivity index is 2.04. The number of rotatable bonds is 10. The van der Waals surface area contributed by atoms with Crippen molar-refractivity contribution >= 4 is 69.8 Å². The molecule has 0 saturated carbocycles. The summed E-state index contributed by atoms with van der Waals surface area (Å²) in [6.07, 6.45) is 4.35. The van der Waals surface area contributed by atoms with Crippen LogP contribution in [0.1, 0.15) is 22.3 Å². The number of nitrogens with two attached hydrogens (primary N) is 2. The molecule has 0 aliphatic heterocycles. The van der Waals surface area contributed by atoms with Crippen molar-refractivity contribution in [2.45, 2.75) is 0 Å². The lowest BCUT2D eigenvalue weighted by Crippen LogP contribution is -2.05. The van der Waals surface area contributed by atoms with Crippen molar-refractivity contribution in [3.63, 3.8) is 0 Å². The van der Waals surface area contributed by atoms with Crippen LogP contribution in [0.4, 0.5) is 45.5 Å². The Morgan fingerprint density at radius 2 is 0.738 bits per heavy atom. The molecule has 3 aromatic rings. The fraction of sp³-hybridized carbons (Fsp3) is 0. The fourth-order valence-electron chi connectivity index (χ4n) is 3.75. The molecule has 3 aromatic carbocycles. The third-order valence-electron chi connectivity index (χ3n) is 5.64. The first-order valence-corrected chi connectivity index (χ1v) is 10.9. The molecule has 0 aliphatic rings. The zero-order chi connectivity index (χ0) is 31.5. The summed E-state index contributed by atoms with van der Waals surface area (Å²) in [5, 5.41) is 68.4. The molecule has 0 saturated heterocycles. The zero-order valence-electron chi connectivity index (χ0n) is 20.5. The largest absolute Gasteiger partial charge is 0.387 e. The Bertz CT molecular complexity index is 1640. The summed E-state index contributed by atoms with van der Waals surface area (Å²) in [7, 11) is 0. The molecular formula is C22H14N8O12. The molecule has 3 rings (SSSR count). The first-order valence-electron chi connectivity index (χ1n) is 10.9. The smallest absolute Gasteiger partial charge is 0.313 e. The Morgan fingerprint density at radius 1 is 0.452 bits per heavy atom. The van der Waals surface area contributed by atoms with Crippen molar-refractivity contribution < 1.29 is 29.5 Å². The van der Waals surface area contributed by atoms with Crippen LogP contribution in [0.15, 0.2) is 36.4 Å². The van der Waals surface area contributed by atoms with E-state index in [9.17, 15) is 60.7 Å². The Labute approximate surface area is 230 Å². The van der Waals surface area contributed by atoms with Gasteiger partial charge in [0.15, 0.2) is 11.4 Å². The van der Waals surface area contributed by atoms with Gasteiger partial charge in [-0.1, -0.05) is 36.4 Å². The molecule has 0 unspecified atom stereocenters. The molecule has 20 heteroatoms. The first kappa shape index (κ1) is 29.7. The van der Waals surface area contributed by atoms with Gasteiger partial charge in [-0.05, 0) is 23.3 Å². The number of hydrogen-bond acceptors (Lipinski definition) is 14. The maximum atomic E-state index is 11.6. The lowest BCUT2D eigenvalue weighted by molar-refractivity contribution is -0.402. The molecular weight excluding hydrogens is 568 g/mol. The van der Waals surface area contributed by atoms with E-state index >= 15 is 0 Å². The van der Waals surface area contributed by atoms with Crippen LogP contribution >= 0.6 is 0 Å². The fourth-order valence-corrected chi connectivity index (χ4v) is 3.75. The Hall–Kier alpha value is -6.86. The first-order chi connectivity index (χ1) is 19.6. The van der Waals surface area contributed by atoms with Gasteiger partial charge in [0, 0.05) is 0 Å². The van der Waals surface area contributed by atoms with Gasteiger partial charge in [-0.3, -0.25) is 60.7 Å². The highest BCUT2D eigenvalue weighted by Crippen LogP contribution is 2.43. The van der Waals surface area contributed by atoms with Gasteiger partial charge in [-0.2, -0.15) is 0 Å². The summed E-state index contributed by atoms with van der Waals surface area (Å²) in [4.78, 5) is 61.9. The molecule has 0 atom stereocenters. The highest BCUT2D eigenvalue weighted by Gasteiger charge is 2.35. The van der Waals surface area contributed by atoms with Crippen molar-refractivity contribution in [2.75, 3.05) is 11.5 Å². The molecule has 4 N–H and O–H groups in total. The second-order valence-electron chi connectivity index (χ2n) is 8.06. The topological polar surface area (TPSA) is 311 Å². The van der Waals surface area contributed by atoms with Crippen LogP contribution in [0.2, 0.25) is 0 Å². The van der Waals surface area contributed by atoms with Gasteiger partial charge in [0.2, 0.25) is 0 Å². The summed E-state index contributed by atoms with van der Waals surface area (Å²) < 4.78 is 0. The molecule has 214 valence electrons. The van der Waals surface area contributed by atoms with Crippen molar-refractivity contribution in [2.24, 2.45) is 0 Å². The molecule has 42 heavy (non-hydrogen) atoms. The SMILES string of the molecule is Nc1c([N+](=O)[O-])cc([N+](=O)[O-])c(/C=C/c2ccc(/C=C/c3c([N+](=O)[O-])cc([N+](=O)[O-])c(N)c3[N+](=O)[O-])cc2)c1[N+](=O)[O-]. The quantitative estimate of drug-likeness (QED) is 0.142. The summed E-state index contributed by atoms with van der Waals surface area (Å²) in [5.74, 6) is 0. The van der Waals surface area contributed by atoms with Gasteiger partial charge in [0.25, 0.3) is 11.4 Å². The van der Waals surface area contributed by atoms with E-state index in [2.05, 4.69) is 0 Å². The number of anilines is 2. The third-order valence-corrected chi connectivity index (χ3v) is 5.64. The summed E-state index contributed by atoms with van der Waals surface area (Å²) in [6, 6.07) is 6.59. The molecule has 0 bridgehead atoms. The van der Waals surface area contributed by atoms with Crippen LogP contribution in [0.25, 0.3) is 24.3 Å². The van der Waals surface area contributed by atoms with Crippen molar-refractivity contribution in [3.8, 4) is 0 Å². The van der Waals surface area contributed by atoms with Gasteiger partial charge >= 0.3 is 22.7 Å². The number of nitro groups is 6. The van der Waals surface area contributed by atoms with Gasteiger partial charge in [-0.25, -0.2) is 0 Å². The second-order valence-corrected chi connectivity index (χ2v) is 8.06. The number of nitrogen functional groups attached to an aromatic ring is 2. The van der Waals surface area contributed by atoms with Crippen LogP contribution in [-0.4, -0.2) is 29.5 Å². The highest BCUT2D eigenvalue weighted by atomic mass is 16.6. The van der Waals surface area contributed by atoms with Crippen LogP contribution < -0.4 is 11.5 Å². The van der Waals surface area contributed by atoms with Gasteiger partial charge < -0.3 is 11.5 Å². The van der Waals surface area contributed by atoms with Crippen molar-refractivity contribution in [1.82, 2.24) is 0 Å². The second kappa shape index (κ2) is 11.5. The molecule has 0 aromatic heterocycles. The van der Waals surface area contributed by atoms with E-state index < -0.39 is 86.2 Å². The molecule has 20 nitrogen and oxygen atoms in total. The molecule has 0 heterocycles. The molecule has 0 amide bonds. The minimum absolute atomic E-state index is 0.309. The summed E-state index contributed by atoms with van der Waals surface area (Å²) in [6.45, 7) is 0. The monoisotopic (exact) mass is 582 g/mol. The normalized spacial score (nSPS) is 11.0. The summed E-state index contributed by atoms with van der Waals surface area (Å²) >= 11 is 0. The van der Waals surface area contributed by atoms with Crippen LogP contribution in [0.3, 0.4) is 0 Å². The zero-order valence-corrected chi connectivity index (χ0v) is 20.5. The summed E-state index contributed by atoms with van der Waals surface area (Å²) in [5.41, 5.74) is 2.73. The van der Waals surface area contributed by atoms with E-state index in [-0.39, 0.29) is 0 Å². The van der Waals surface area contributed by atoms with Crippen LogP contribution in [0, 0.1) is 60.7 Å². The molecule has 0 spiro atoms. The van der Waals surface area contributed by atoms with E-state index in [0.717, 1.165) is 12.2 Å². The van der Waals surface area contributed by atoms with Gasteiger partial charge in [-0.15, -0.1) is 0 Å². The van der Waals surface area contributed by atoms with Gasteiger partial charge in [0.1, 0.15) is 11.1 Å². The molecule has 0 aliphatic carbocycles. The minimum Gasteiger partial charge on any atom is -0.387 e. The van der Waals surface area contributed by atoms with E-state index in [1.165, 1.54) is 36.4 Å². The number of hydrogen-bond donors (Lipinski definition) is 2. The number of nitro benzene ring substituents is 6. The van der Waals surface area contributed by atoms with Crippen molar-refractivity contribution in [1.29, 1.82) is 0 Å². The average molecular weight is 582 g/mol. The number of nitrogens with zero attached hydrogens (tertiary/aromatic N) is 6. The lowest BCUT2D eigenvalue weighted by atomic mass is 10.0. The minimum atomic E-state index is -1.09. The van der Waals surface area contributed by atoms with E-state index in [1.807, 2.05) is 0 Å². The Morgan fingerprint density at radius 3 is 0.976 bits per heavy atom.